The number of hydrogen-bond donors (Lipinski definition) is 1. The zero-order valence-corrected chi connectivity index (χ0v) is 15.7. The van der Waals surface area contributed by atoms with Crippen LogP contribution in [-0.2, 0) is 0 Å². The Bertz CT molecular complexity index is 630. The molecule has 1 fully saturated rings. The highest BCUT2D eigenvalue weighted by Gasteiger charge is 2.22. The minimum Gasteiger partial charge on any atom is -0.368 e. The number of urea groups is 1. The van der Waals surface area contributed by atoms with Crippen molar-refractivity contribution in [3.63, 3.8) is 0 Å². The number of carbonyl (C=O) groups is 1. The molecule has 0 aromatic heterocycles. The Kier molecular flexibility index (Phi) is 6.00. The van der Waals surface area contributed by atoms with E-state index in [1.807, 2.05) is 4.90 Å². The zero-order chi connectivity index (χ0) is 17.6. The van der Waals surface area contributed by atoms with Gasteiger partial charge in [0.05, 0.1) is 0 Å². The molecule has 1 saturated heterocycles. The second-order valence-corrected chi connectivity index (χ2v) is 7.28. The van der Waals surface area contributed by atoms with E-state index in [2.05, 4.69) is 48.3 Å². The van der Waals surface area contributed by atoms with Gasteiger partial charge in [-0.2, -0.15) is 0 Å². The Morgan fingerprint density at radius 3 is 2.64 bits per heavy atom. The maximum absolute atomic E-state index is 12.4. The number of anilines is 1. The van der Waals surface area contributed by atoms with Crippen LogP contribution in [0.1, 0.15) is 43.2 Å². The van der Waals surface area contributed by atoms with Gasteiger partial charge in [0, 0.05) is 38.4 Å². The first kappa shape index (κ1) is 17.8. The van der Waals surface area contributed by atoms with Crippen molar-refractivity contribution in [2.45, 2.75) is 46.0 Å². The van der Waals surface area contributed by atoms with Crippen LogP contribution in [0.15, 0.2) is 29.8 Å². The molecule has 1 aromatic carbocycles. The molecule has 4 heteroatoms. The summed E-state index contributed by atoms with van der Waals surface area (Å²) < 4.78 is 0. The summed E-state index contributed by atoms with van der Waals surface area (Å²) in [4.78, 5) is 16.7. The van der Waals surface area contributed by atoms with Gasteiger partial charge in [0.1, 0.15) is 0 Å². The molecule has 25 heavy (non-hydrogen) atoms. The van der Waals surface area contributed by atoms with Gasteiger partial charge in [-0.15, -0.1) is 0 Å². The number of carbonyl (C=O) groups excluding carboxylic acids is 1. The van der Waals surface area contributed by atoms with Gasteiger partial charge in [-0.05, 0) is 63.1 Å². The number of aryl methyl sites for hydroxylation is 1. The topological polar surface area (TPSA) is 35.6 Å². The van der Waals surface area contributed by atoms with Gasteiger partial charge in [0.25, 0.3) is 0 Å². The molecular formula is C21H31N3O. The maximum atomic E-state index is 12.4. The predicted octanol–water partition coefficient (Wildman–Crippen LogP) is 4.03. The summed E-state index contributed by atoms with van der Waals surface area (Å²) in [6.07, 6.45) is 8.42. The van der Waals surface area contributed by atoms with E-state index in [-0.39, 0.29) is 6.03 Å². The Hall–Kier alpha value is -1.97. The summed E-state index contributed by atoms with van der Waals surface area (Å²) in [5, 5.41) is 3.10. The fourth-order valence-electron chi connectivity index (χ4n) is 3.80. The summed E-state index contributed by atoms with van der Waals surface area (Å²) in [7, 11) is 0. The van der Waals surface area contributed by atoms with Gasteiger partial charge < -0.3 is 15.1 Å². The Morgan fingerprint density at radius 2 is 1.92 bits per heavy atom. The van der Waals surface area contributed by atoms with E-state index in [9.17, 15) is 4.79 Å². The summed E-state index contributed by atoms with van der Waals surface area (Å²) in [5.41, 5.74) is 5.51. The van der Waals surface area contributed by atoms with E-state index in [0.717, 1.165) is 39.1 Å². The van der Waals surface area contributed by atoms with Crippen LogP contribution < -0.4 is 10.2 Å². The molecule has 4 nitrogen and oxygen atoms in total. The first-order valence-corrected chi connectivity index (χ1v) is 9.67. The van der Waals surface area contributed by atoms with Crippen LogP contribution in [0, 0.1) is 13.8 Å². The summed E-state index contributed by atoms with van der Waals surface area (Å²) in [5.74, 6) is 0. The molecule has 0 atom stereocenters. The van der Waals surface area contributed by atoms with Crippen LogP contribution in [-0.4, -0.2) is 43.7 Å². The third-order valence-electron chi connectivity index (χ3n) is 5.59. The van der Waals surface area contributed by atoms with Gasteiger partial charge in [0.2, 0.25) is 0 Å². The van der Waals surface area contributed by atoms with E-state index >= 15 is 0 Å². The molecule has 1 aromatic rings. The average Bonchev–Trinajstić information content (AvgIpc) is 2.65. The number of benzene rings is 1. The number of allylic oxidation sites excluding steroid dienone is 1. The molecule has 1 aliphatic heterocycles. The van der Waals surface area contributed by atoms with Gasteiger partial charge in [-0.3, -0.25) is 0 Å². The molecule has 0 unspecified atom stereocenters. The van der Waals surface area contributed by atoms with E-state index < -0.39 is 0 Å². The first-order chi connectivity index (χ1) is 12.1. The van der Waals surface area contributed by atoms with E-state index in [4.69, 9.17) is 0 Å². The number of piperazine rings is 1. The van der Waals surface area contributed by atoms with Crippen molar-refractivity contribution >= 4 is 11.7 Å². The predicted molar refractivity (Wildman–Crippen MR) is 104 cm³/mol. The standard InChI is InChI=1S/C21H31N3O/c1-17-7-6-10-20(18(17)2)23-13-15-24(16-14-23)21(25)22-12-11-19-8-4-3-5-9-19/h6-8,10H,3-5,9,11-16H2,1-2H3,(H,22,25). The smallest absolute Gasteiger partial charge is 0.317 e. The molecule has 3 rings (SSSR count). The fourth-order valence-corrected chi connectivity index (χ4v) is 3.80. The highest BCUT2D eigenvalue weighted by atomic mass is 16.2. The van der Waals surface area contributed by atoms with Crippen molar-refractivity contribution in [3.8, 4) is 0 Å². The van der Waals surface area contributed by atoms with E-state index in [1.54, 1.807) is 0 Å². The average molecular weight is 341 g/mol. The number of hydrogen-bond acceptors (Lipinski definition) is 2. The lowest BCUT2D eigenvalue weighted by atomic mass is 9.97. The lowest BCUT2D eigenvalue weighted by Gasteiger charge is -2.37. The first-order valence-electron chi connectivity index (χ1n) is 9.67. The van der Waals surface area contributed by atoms with Crippen molar-refractivity contribution in [1.82, 2.24) is 10.2 Å². The normalized spacial score (nSPS) is 18.1. The van der Waals surface area contributed by atoms with Gasteiger partial charge in [0.15, 0.2) is 0 Å². The minimum absolute atomic E-state index is 0.0945. The van der Waals surface area contributed by atoms with Crippen LogP contribution in [0.4, 0.5) is 10.5 Å². The molecule has 1 aliphatic carbocycles. The van der Waals surface area contributed by atoms with E-state index in [0.29, 0.717) is 0 Å². The Balaban J connectivity index is 1.44. The van der Waals surface area contributed by atoms with E-state index in [1.165, 1.54) is 48.1 Å². The number of nitrogens with zero attached hydrogens (tertiary/aromatic N) is 2. The lowest BCUT2D eigenvalue weighted by Crippen LogP contribution is -2.52. The Morgan fingerprint density at radius 1 is 1.12 bits per heavy atom. The number of rotatable bonds is 4. The fraction of sp³-hybridized carbons (Fsp3) is 0.571. The largest absolute Gasteiger partial charge is 0.368 e. The van der Waals surface area contributed by atoms with Crippen molar-refractivity contribution in [2.75, 3.05) is 37.6 Å². The van der Waals surface area contributed by atoms with Crippen molar-refractivity contribution in [3.05, 3.63) is 41.0 Å². The minimum atomic E-state index is 0.0945. The zero-order valence-electron chi connectivity index (χ0n) is 15.7. The van der Waals surface area contributed by atoms with Crippen molar-refractivity contribution < 1.29 is 4.79 Å². The van der Waals surface area contributed by atoms with Gasteiger partial charge in [-0.1, -0.05) is 23.8 Å². The second-order valence-electron chi connectivity index (χ2n) is 7.28. The van der Waals surface area contributed by atoms with Crippen molar-refractivity contribution in [2.24, 2.45) is 0 Å². The molecule has 2 aliphatic rings. The molecule has 1 heterocycles. The number of amides is 2. The van der Waals surface area contributed by atoms with Crippen LogP contribution in [0.3, 0.4) is 0 Å². The molecule has 1 N–H and O–H groups in total. The SMILES string of the molecule is Cc1cccc(N2CCN(C(=O)NCCC3=CCCCC3)CC2)c1C. The van der Waals surface area contributed by atoms with Crippen LogP contribution in [0.5, 0.6) is 0 Å². The molecule has 0 bridgehead atoms. The van der Waals surface area contributed by atoms with Gasteiger partial charge >= 0.3 is 6.03 Å². The quantitative estimate of drug-likeness (QED) is 0.840. The Labute approximate surface area is 151 Å². The molecule has 0 spiro atoms. The van der Waals surface area contributed by atoms with Crippen LogP contribution in [0.2, 0.25) is 0 Å². The summed E-state index contributed by atoms with van der Waals surface area (Å²) in [6, 6.07) is 6.56. The van der Waals surface area contributed by atoms with Gasteiger partial charge in [-0.25, -0.2) is 4.79 Å². The summed E-state index contributed by atoms with van der Waals surface area (Å²) >= 11 is 0. The molecule has 2 amide bonds. The van der Waals surface area contributed by atoms with Crippen molar-refractivity contribution in [1.29, 1.82) is 0 Å². The van der Waals surface area contributed by atoms with Crippen LogP contribution in [0.25, 0.3) is 0 Å². The highest BCUT2D eigenvalue weighted by Crippen LogP contribution is 2.24. The second kappa shape index (κ2) is 8.41. The maximum Gasteiger partial charge on any atom is 0.317 e. The molecule has 0 saturated carbocycles. The third-order valence-corrected chi connectivity index (χ3v) is 5.59. The molecular weight excluding hydrogens is 310 g/mol. The molecule has 136 valence electrons. The summed E-state index contributed by atoms with van der Waals surface area (Å²) in [6.45, 7) is 8.51. The lowest BCUT2D eigenvalue weighted by molar-refractivity contribution is 0.194. The van der Waals surface area contributed by atoms with Crippen LogP contribution >= 0.6 is 0 Å². The number of nitrogens with one attached hydrogen (secondary N) is 1. The molecule has 0 radical (unpaired) electrons. The monoisotopic (exact) mass is 341 g/mol. The third kappa shape index (κ3) is 4.56. The highest BCUT2D eigenvalue weighted by molar-refractivity contribution is 5.74.